The highest BCUT2D eigenvalue weighted by molar-refractivity contribution is 5.98. The van der Waals surface area contributed by atoms with Gasteiger partial charge in [-0.25, -0.2) is 4.98 Å². The Balaban J connectivity index is 1.33. The molecule has 0 spiro atoms. The highest BCUT2D eigenvalue weighted by Gasteiger charge is 2.25. The molecule has 0 aliphatic rings. The summed E-state index contributed by atoms with van der Waals surface area (Å²) in [6.45, 7) is 15.1. The molecule has 0 saturated heterocycles. The van der Waals surface area contributed by atoms with Crippen molar-refractivity contribution in [3.63, 3.8) is 0 Å². The largest absolute Gasteiger partial charge is 0.507 e. The number of rotatable bonds is 11. The molecule has 0 amide bonds. The normalized spacial score (nSPS) is 13.4. The van der Waals surface area contributed by atoms with Crippen LogP contribution >= 0.6 is 0 Å². The van der Waals surface area contributed by atoms with Crippen LogP contribution in [0.15, 0.2) is 158 Å². The van der Waals surface area contributed by atoms with Gasteiger partial charge in [-0.05, 0) is 159 Å². The summed E-state index contributed by atoms with van der Waals surface area (Å²) in [4.78, 5) is 10.4. The smallest absolute Gasteiger partial charge is 0.149 e. The van der Waals surface area contributed by atoms with Crippen molar-refractivity contribution in [2.75, 3.05) is 0 Å². The van der Waals surface area contributed by atoms with Gasteiger partial charge in [0, 0.05) is 24.2 Å². The minimum atomic E-state index is -2.59. The molecule has 66 heavy (non-hydrogen) atoms. The molecule has 0 atom stereocenters. The van der Waals surface area contributed by atoms with Gasteiger partial charge in [0.1, 0.15) is 11.6 Å². The molecule has 0 aliphatic carbocycles. The summed E-state index contributed by atoms with van der Waals surface area (Å²) in [5.41, 5.74) is 15.8. The molecule has 330 valence electrons. The van der Waals surface area contributed by atoms with Gasteiger partial charge in [0.2, 0.25) is 0 Å². The number of pyridine rings is 1. The SMILES string of the molecule is [2H]C([2H])([2H])c1cc(-c2cc(C([2H])(C)C)cc(C([2H])(C)C)c2)ccc1-n1c(-c2cc(C(C)C)cc(C(C)C)c2O)nc2c(-c3cc(-c4ccccc4)cc(-c4cc(-c5ccc(C)cc5)ccn4)c3)cccc21. The van der Waals surface area contributed by atoms with Crippen LogP contribution in [0.4, 0.5) is 0 Å². The van der Waals surface area contributed by atoms with Crippen LogP contribution in [0.5, 0.6) is 5.75 Å². The Kier molecular flexibility index (Phi) is 10.5. The van der Waals surface area contributed by atoms with Crippen molar-refractivity contribution in [1.29, 1.82) is 0 Å². The van der Waals surface area contributed by atoms with Crippen LogP contribution in [0.1, 0.15) is 119 Å². The van der Waals surface area contributed by atoms with E-state index in [2.05, 4.69) is 107 Å². The van der Waals surface area contributed by atoms with Crippen molar-refractivity contribution in [3.8, 4) is 78.6 Å². The summed E-state index contributed by atoms with van der Waals surface area (Å²) in [7, 11) is 0. The van der Waals surface area contributed by atoms with Gasteiger partial charge in [0.05, 0.1) is 28.0 Å². The monoisotopic (exact) mass is 869 g/mol. The first-order valence-corrected chi connectivity index (χ1v) is 23.0. The molecule has 0 bridgehead atoms. The number of aromatic nitrogens is 3. The number of nitrogens with zero attached hydrogens (tertiary/aromatic N) is 3. The fraction of sp³-hybridized carbons (Fsp3) is 0.226. The second-order valence-electron chi connectivity index (χ2n) is 18.8. The maximum absolute atomic E-state index is 12.3. The van der Waals surface area contributed by atoms with E-state index in [4.69, 9.17) is 16.8 Å². The van der Waals surface area contributed by atoms with Crippen molar-refractivity contribution >= 4 is 11.0 Å². The lowest BCUT2D eigenvalue weighted by Crippen LogP contribution is -2.03. The van der Waals surface area contributed by atoms with E-state index in [1.807, 2.05) is 111 Å². The van der Waals surface area contributed by atoms with E-state index in [1.54, 1.807) is 6.07 Å². The van der Waals surface area contributed by atoms with Crippen molar-refractivity contribution < 1.29 is 12.0 Å². The molecule has 0 saturated carbocycles. The highest BCUT2D eigenvalue weighted by Crippen LogP contribution is 2.44. The Hall–Kier alpha value is -7.04. The van der Waals surface area contributed by atoms with Crippen molar-refractivity contribution in [2.24, 2.45) is 0 Å². The van der Waals surface area contributed by atoms with E-state index in [0.717, 1.165) is 72.5 Å². The Morgan fingerprint density at radius 3 is 1.86 bits per heavy atom. The summed E-state index contributed by atoms with van der Waals surface area (Å²) in [5, 5.41) is 12.3. The van der Waals surface area contributed by atoms with Crippen LogP contribution in [0.25, 0.3) is 83.9 Å². The zero-order valence-electron chi connectivity index (χ0n) is 44.5. The van der Waals surface area contributed by atoms with Gasteiger partial charge in [-0.1, -0.05) is 158 Å². The predicted octanol–water partition coefficient (Wildman–Crippen LogP) is 17.2. The lowest BCUT2D eigenvalue weighted by Gasteiger charge is -2.19. The van der Waals surface area contributed by atoms with Gasteiger partial charge in [-0.3, -0.25) is 9.55 Å². The van der Waals surface area contributed by atoms with Crippen LogP contribution in [-0.2, 0) is 0 Å². The van der Waals surface area contributed by atoms with Crippen LogP contribution < -0.4 is 0 Å². The fourth-order valence-corrected chi connectivity index (χ4v) is 8.91. The quantitative estimate of drug-likeness (QED) is 0.141. The molecule has 0 unspecified atom stereocenters. The van der Waals surface area contributed by atoms with E-state index < -0.39 is 18.6 Å². The first kappa shape index (κ1) is 38.3. The molecule has 7 aromatic carbocycles. The number of benzene rings is 7. The van der Waals surface area contributed by atoms with Crippen molar-refractivity contribution in [2.45, 2.75) is 92.8 Å². The molecule has 0 fully saturated rings. The van der Waals surface area contributed by atoms with Crippen LogP contribution in [0, 0.1) is 13.8 Å². The van der Waals surface area contributed by atoms with E-state index in [-0.39, 0.29) is 23.1 Å². The fourth-order valence-electron chi connectivity index (χ4n) is 8.91. The number of phenols is 1. The second kappa shape index (κ2) is 18.1. The molecule has 4 heteroatoms. The molecule has 4 nitrogen and oxygen atoms in total. The zero-order valence-corrected chi connectivity index (χ0v) is 39.5. The standard InChI is InChI=1S/C62H61N3O/c1-37(2)47-28-48(38(3)4)30-51(29-47)45-23-24-58(42(10)27-45)65-59-18-14-17-54(60(59)64-62(65)56-35-49(39(5)6)34-55(40(7)8)61(56)66)52-31-50(43-15-12-11-13-16-43)32-53(33-52)57-36-46(25-26-63-57)44-21-19-41(9)20-22-44/h11-40,66H,1-10H3/i10D3,37D,38D. The number of hydrogen-bond acceptors (Lipinski definition) is 3. The third-order valence-corrected chi connectivity index (χ3v) is 12.8. The highest BCUT2D eigenvalue weighted by atomic mass is 16.3. The number of para-hydroxylation sites is 1. The maximum Gasteiger partial charge on any atom is 0.149 e. The molecule has 2 aromatic heterocycles. The first-order valence-electron chi connectivity index (χ1n) is 25.5. The zero-order chi connectivity index (χ0) is 50.7. The van der Waals surface area contributed by atoms with Crippen LogP contribution in [-0.4, -0.2) is 19.6 Å². The van der Waals surface area contributed by atoms with Gasteiger partial charge >= 0.3 is 0 Å². The van der Waals surface area contributed by atoms with Crippen LogP contribution in [0.3, 0.4) is 0 Å². The Bertz CT molecular complexity index is 3410. The van der Waals surface area contributed by atoms with E-state index >= 15 is 0 Å². The molecule has 0 aliphatic heterocycles. The Morgan fingerprint density at radius 1 is 0.530 bits per heavy atom. The Morgan fingerprint density at radius 2 is 1.18 bits per heavy atom. The molecular formula is C62H61N3O. The first-order chi connectivity index (χ1) is 33.5. The van der Waals surface area contributed by atoms with E-state index in [1.165, 1.54) is 5.56 Å². The number of phenolic OH excluding ortho intramolecular Hbond substituents is 1. The molecular weight excluding hydrogens is 803 g/mol. The molecule has 2 heterocycles. The average molecular weight is 869 g/mol. The number of hydrogen-bond donors (Lipinski definition) is 1. The topological polar surface area (TPSA) is 50.9 Å². The van der Waals surface area contributed by atoms with Gasteiger partial charge in [-0.15, -0.1) is 0 Å². The van der Waals surface area contributed by atoms with Crippen molar-refractivity contribution in [3.05, 3.63) is 191 Å². The lowest BCUT2D eigenvalue weighted by molar-refractivity contribution is 0.466. The van der Waals surface area contributed by atoms with Crippen LogP contribution in [0.2, 0.25) is 0 Å². The van der Waals surface area contributed by atoms with Gasteiger partial charge < -0.3 is 5.11 Å². The lowest BCUT2D eigenvalue weighted by atomic mass is 9.90. The molecule has 9 aromatic rings. The summed E-state index contributed by atoms with van der Waals surface area (Å²) in [6.07, 6.45) is 1.85. The minimum Gasteiger partial charge on any atom is -0.507 e. The maximum atomic E-state index is 12.3. The number of fused-ring (bicyclic) bond motifs is 1. The van der Waals surface area contributed by atoms with Gasteiger partial charge in [0.15, 0.2) is 0 Å². The van der Waals surface area contributed by atoms with Crippen molar-refractivity contribution in [1.82, 2.24) is 14.5 Å². The predicted molar refractivity (Wildman–Crippen MR) is 279 cm³/mol. The van der Waals surface area contributed by atoms with E-state index in [0.29, 0.717) is 33.7 Å². The molecule has 0 radical (unpaired) electrons. The molecule has 9 rings (SSSR count). The van der Waals surface area contributed by atoms with Gasteiger partial charge in [0.25, 0.3) is 0 Å². The number of imidazole rings is 1. The van der Waals surface area contributed by atoms with E-state index in [9.17, 15) is 5.11 Å². The summed E-state index contributed by atoms with van der Waals surface area (Å²) < 4.78 is 47.1. The third kappa shape index (κ3) is 8.61. The average Bonchev–Trinajstić information content (AvgIpc) is 3.72. The van der Waals surface area contributed by atoms with Gasteiger partial charge in [-0.2, -0.15) is 0 Å². The summed E-state index contributed by atoms with van der Waals surface area (Å²) in [5.74, 6) is -1.30. The summed E-state index contributed by atoms with van der Waals surface area (Å²) in [6, 6.07) is 50.7. The third-order valence-electron chi connectivity index (χ3n) is 12.8. The molecule has 1 N–H and O–H groups in total. The second-order valence-corrected chi connectivity index (χ2v) is 18.8. The minimum absolute atomic E-state index is 0.0154. The number of aromatic hydroxyl groups is 1. The Labute approximate surface area is 398 Å². The number of aryl methyl sites for hydroxylation is 2. The summed E-state index contributed by atoms with van der Waals surface area (Å²) >= 11 is 0.